The molecule has 0 spiro atoms. The summed E-state index contributed by atoms with van der Waals surface area (Å²) in [4.78, 5) is 11.0. The molecule has 0 aromatic carbocycles. The van der Waals surface area contributed by atoms with Crippen molar-refractivity contribution >= 4 is 11.8 Å². The predicted molar refractivity (Wildman–Crippen MR) is 75.3 cm³/mol. The Morgan fingerprint density at radius 1 is 1.44 bits per heavy atom. The summed E-state index contributed by atoms with van der Waals surface area (Å²) in [5, 5.41) is 3.22. The van der Waals surface area contributed by atoms with Gasteiger partial charge in [-0.15, -0.1) is 0 Å². The molecule has 1 N–H and O–H groups in total. The summed E-state index contributed by atoms with van der Waals surface area (Å²) >= 11 is 0. The molecule has 1 unspecified atom stereocenters. The van der Waals surface area contributed by atoms with Crippen molar-refractivity contribution in [3.05, 3.63) is 11.8 Å². The molecule has 0 radical (unpaired) electrons. The maximum atomic E-state index is 5.17. The van der Waals surface area contributed by atoms with E-state index >= 15 is 0 Å². The molecular formula is C13H24N4O. The second-order valence-electron chi connectivity index (χ2n) is 4.53. The average Bonchev–Trinajstić information content (AvgIpc) is 2.35. The van der Waals surface area contributed by atoms with E-state index in [0.29, 0.717) is 12.6 Å². The van der Waals surface area contributed by atoms with Crippen LogP contribution in [0.25, 0.3) is 0 Å². The Kier molecular flexibility index (Phi) is 5.85. The number of aryl methyl sites for hydroxylation is 1. The van der Waals surface area contributed by atoms with Gasteiger partial charge in [0.2, 0.25) is 5.95 Å². The first-order valence-corrected chi connectivity index (χ1v) is 6.39. The number of nitrogens with one attached hydrogen (secondary N) is 1. The van der Waals surface area contributed by atoms with E-state index < -0.39 is 0 Å². The van der Waals surface area contributed by atoms with Crippen molar-refractivity contribution in [3.8, 4) is 0 Å². The van der Waals surface area contributed by atoms with Gasteiger partial charge in [0.1, 0.15) is 5.82 Å². The van der Waals surface area contributed by atoms with Crippen LogP contribution in [0.2, 0.25) is 0 Å². The number of anilines is 2. The van der Waals surface area contributed by atoms with Crippen molar-refractivity contribution in [2.75, 3.05) is 37.5 Å². The lowest BCUT2D eigenvalue weighted by Gasteiger charge is -2.25. The third-order valence-corrected chi connectivity index (χ3v) is 2.80. The summed E-state index contributed by atoms with van der Waals surface area (Å²) in [6.07, 6.45) is 1.06. The van der Waals surface area contributed by atoms with Crippen LogP contribution in [-0.2, 0) is 4.74 Å². The van der Waals surface area contributed by atoms with E-state index in [1.165, 1.54) is 0 Å². The van der Waals surface area contributed by atoms with Crippen LogP contribution >= 0.6 is 0 Å². The monoisotopic (exact) mass is 252 g/mol. The fourth-order valence-electron chi connectivity index (χ4n) is 1.63. The second kappa shape index (κ2) is 7.16. The highest BCUT2D eigenvalue weighted by atomic mass is 16.5. The van der Waals surface area contributed by atoms with Crippen molar-refractivity contribution in [3.63, 3.8) is 0 Å². The zero-order chi connectivity index (χ0) is 13.5. The quantitative estimate of drug-likeness (QED) is 0.805. The number of ether oxygens (including phenoxy) is 1. The lowest BCUT2D eigenvalue weighted by Crippen LogP contribution is -2.33. The van der Waals surface area contributed by atoms with E-state index in [2.05, 4.69) is 34.0 Å². The highest BCUT2D eigenvalue weighted by molar-refractivity contribution is 5.44. The fourth-order valence-corrected chi connectivity index (χ4v) is 1.63. The normalized spacial score (nSPS) is 12.3. The van der Waals surface area contributed by atoms with Gasteiger partial charge in [-0.1, -0.05) is 6.92 Å². The third-order valence-electron chi connectivity index (χ3n) is 2.80. The van der Waals surface area contributed by atoms with E-state index in [1.807, 2.05) is 20.0 Å². The Morgan fingerprint density at radius 2 is 2.17 bits per heavy atom. The first-order valence-electron chi connectivity index (χ1n) is 6.39. The van der Waals surface area contributed by atoms with Crippen molar-refractivity contribution in [1.82, 2.24) is 9.97 Å². The van der Waals surface area contributed by atoms with Crippen molar-refractivity contribution in [2.45, 2.75) is 33.2 Å². The summed E-state index contributed by atoms with van der Waals surface area (Å²) in [5.41, 5.74) is 0.968. The van der Waals surface area contributed by atoms with Gasteiger partial charge in [0.25, 0.3) is 0 Å². The molecule has 0 amide bonds. The largest absolute Gasteiger partial charge is 0.383 e. The summed E-state index contributed by atoms with van der Waals surface area (Å²) in [7, 11) is 3.73. The van der Waals surface area contributed by atoms with Crippen LogP contribution in [0, 0.1) is 6.92 Å². The predicted octanol–water partition coefficient (Wildman–Crippen LogP) is 2.08. The Hall–Kier alpha value is -1.36. The molecule has 0 aliphatic heterocycles. The number of hydrogen-bond acceptors (Lipinski definition) is 5. The zero-order valence-corrected chi connectivity index (χ0v) is 12.0. The lowest BCUT2D eigenvalue weighted by molar-refractivity contribution is 0.183. The molecule has 5 heteroatoms. The minimum Gasteiger partial charge on any atom is -0.383 e. The standard InChI is InChI=1S/C13H24N4O/c1-6-7-14-13-15-10(2)8-12(16-13)17(4)11(3)9-18-5/h8,11H,6-7,9H2,1-5H3,(H,14,15,16). The van der Waals surface area contributed by atoms with Crippen LogP contribution < -0.4 is 10.2 Å². The van der Waals surface area contributed by atoms with Crippen LogP contribution in [0.5, 0.6) is 0 Å². The minimum atomic E-state index is 0.281. The van der Waals surface area contributed by atoms with E-state index in [0.717, 1.165) is 24.5 Å². The van der Waals surface area contributed by atoms with Crippen LogP contribution in [0.1, 0.15) is 26.0 Å². The maximum absolute atomic E-state index is 5.17. The first-order chi connectivity index (χ1) is 8.58. The number of hydrogen-bond donors (Lipinski definition) is 1. The number of likely N-dealkylation sites (N-methyl/N-ethyl adjacent to an activating group) is 1. The molecule has 5 nitrogen and oxygen atoms in total. The molecule has 1 aromatic heterocycles. The summed E-state index contributed by atoms with van der Waals surface area (Å²) in [5.74, 6) is 1.62. The molecule has 1 heterocycles. The summed E-state index contributed by atoms with van der Waals surface area (Å²) in [6, 6.07) is 2.27. The molecule has 0 saturated carbocycles. The third kappa shape index (κ3) is 4.14. The van der Waals surface area contributed by atoms with Gasteiger partial charge < -0.3 is 15.0 Å². The maximum Gasteiger partial charge on any atom is 0.224 e. The molecule has 1 atom stereocenters. The highest BCUT2D eigenvalue weighted by Crippen LogP contribution is 2.15. The summed E-state index contributed by atoms with van der Waals surface area (Å²) < 4.78 is 5.17. The van der Waals surface area contributed by atoms with Crippen molar-refractivity contribution in [2.24, 2.45) is 0 Å². The van der Waals surface area contributed by atoms with Crippen molar-refractivity contribution in [1.29, 1.82) is 0 Å². The van der Waals surface area contributed by atoms with Gasteiger partial charge >= 0.3 is 0 Å². The molecule has 0 aliphatic carbocycles. The smallest absolute Gasteiger partial charge is 0.224 e. The Labute approximate surface area is 110 Å². The highest BCUT2D eigenvalue weighted by Gasteiger charge is 2.12. The van der Waals surface area contributed by atoms with E-state index in [4.69, 9.17) is 4.74 Å². The van der Waals surface area contributed by atoms with Crippen LogP contribution in [0.15, 0.2) is 6.07 Å². The van der Waals surface area contributed by atoms with Gasteiger partial charge in [0, 0.05) is 32.5 Å². The lowest BCUT2D eigenvalue weighted by atomic mass is 10.3. The van der Waals surface area contributed by atoms with Crippen LogP contribution in [0.3, 0.4) is 0 Å². The second-order valence-corrected chi connectivity index (χ2v) is 4.53. The zero-order valence-electron chi connectivity index (χ0n) is 12.0. The Balaban J connectivity index is 2.84. The molecule has 0 saturated heterocycles. The van der Waals surface area contributed by atoms with Gasteiger partial charge in [-0.25, -0.2) is 4.98 Å². The van der Waals surface area contributed by atoms with Crippen LogP contribution in [0.4, 0.5) is 11.8 Å². The molecule has 1 rings (SSSR count). The van der Waals surface area contributed by atoms with Crippen molar-refractivity contribution < 1.29 is 4.74 Å². The van der Waals surface area contributed by atoms with Gasteiger partial charge in [-0.2, -0.15) is 4.98 Å². The molecule has 0 fully saturated rings. The number of aromatic nitrogens is 2. The Bertz CT molecular complexity index is 370. The topological polar surface area (TPSA) is 50.3 Å². The summed E-state index contributed by atoms with van der Waals surface area (Å²) in [6.45, 7) is 7.78. The first kappa shape index (κ1) is 14.7. The van der Waals surface area contributed by atoms with Gasteiger partial charge in [-0.05, 0) is 20.3 Å². The fraction of sp³-hybridized carbons (Fsp3) is 0.692. The molecule has 102 valence electrons. The minimum absolute atomic E-state index is 0.281. The molecule has 0 bridgehead atoms. The SMILES string of the molecule is CCCNc1nc(C)cc(N(C)C(C)COC)n1. The number of rotatable bonds is 7. The molecular weight excluding hydrogens is 228 g/mol. The van der Waals surface area contributed by atoms with E-state index in [-0.39, 0.29) is 6.04 Å². The van der Waals surface area contributed by atoms with Gasteiger partial charge in [0.15, 0.2) is 0 Å². The number of nitrogens with zero attached hydrogens (tertiary/aromatic N) is 3. The Morgan fingerprint density at radius 3 is 2.78 bits per heavy atom. The van der Waals surface area contributed by atoms with Crippen LogP contribution in [-0.4, -0.2) is 43.3 Å². The van der Waals surface area contributed by atoms with Gasteiger partial charge in [-0.3, -0.25) is 0 Å². The van der Waals surface area contributed by atoms with Gasteiger partial charge in [0.05, 0.1) is 12.6 Å². The molecule has 1 aromatic rings. The molecule has 0 aliphatic rings. The molecule has 18 heavy (non-hydrogen) atoms. The number of methoxy groups -OCH3 is 1. The van der Waals surface area contributed by atoms with E-state index in [1.54, 1.807) is 7.11 Å². The van der Waals surface area contributed by atoms with E-state index in [9.17, 15) is 0 Å². The average molecular weight is 252 g/mol.